The van der Waals surface area contributed by atoms with Crippen LogP contribution in [0.1, 0.15) is 27.2 Å². The lowest BCUT2D eigenvalue weighted by Crippen LogP contribution is -2.23. The molecule has 0 fully saturated rings. The van der Waals surface area contributed by atoms with E-state index in [1.807, 2.05) is 0 Å². The van der Waals surface area contributed by atoms with E-state index in [1.54, 1.807) is 0 Å². The van der Waals surface area contributed by atoms with Gasteiger partial charge >= 0.3 is 0 Å². The van der Waals surface area contributed by atoms with Gasteiger partial charge in [0.05, 0.1) is 0 Å². The van der Waals surface area contributed by atoms with Crippen molar-refractivity contribution in [2.45, 2.75) is 27.2 Å². The predicted molar refractivity (Wildman–Crippen MR) is 40.6 cm³/mol. The van der Waals surface area contributed by atoms with E-state index < -0.39 is 0 Å². The first-order valence-corrected chi connectivity index (χ1v) is 3.51. The molecule has 0 spiro atoms. The van der Waals surface area contributed by atoms with E-state index in [-0.39, 0.29) is 0 Å². The van der Waals surface area contributed by atoms with Crippen LogP contribution < -0.4 is 5.32 Å². The number of amidine groups is 1. The molecule has 10 heavy (non-hydrogen) atoms. The quantitative estimate of drug-likeness (QED) is 0.599. The van der Waals surface area contributed by atoms with E-state index in [0.717, 1.165) is 12.3 Å². The van der Waals surface area contributed by atoms with Crippen LogP contribution in [0.3, 0.4) is 0 Å². The first kappa shape index (κ1) is 7.38. The summed E-state index contributed by atoms with van der Waals surface area (Å²) < 4.78 is 0. The monoisotopic (exact) mass is 142 g/mol. The Morgan fingerprint density at radius 1 is 1.60 bits per heavy atom. The molecule has 0 amide bonds. The van der Waals surface area contributed by atoms with Crippen molar-refractivity contribution < 1.29 is 4.84 Å². The van der Waals surface area contributed by atoms with Gasteiger partial charge in [0.15, 0.2) is 6.73 Å². The van der Waals surface area contributed by atoms with Crippen LogP contribution >= 0.6 is 0 Å². The van der Waals surface area contributed by atoms with Crippen molar-refractivity contribution in [3.63, 3.8) is 0 Å². The molecule has 0 atom stereocenters. The molecule has 0 aliphatic carbocycles. The van der Waals surface area contributed by atoms with E-state index >= 15 is 0 Å². The topological polar surface area (TPSA) is 33.6 Å². The summed E-state index contributed by atoms with van der Waals surface area (Å²) in [5, 5.41) is 6.87. The molecule has 3 heteroatoms. The lowest BCUT2D eigenvalue weighted by atomic mass is 9.92. The Hall–Kier alpha value is -0.730. The summed E-state index contributed by atoms with van der Waals surface area (Å²) in [4.78, 5) is 4.78. The van der Waals surface area contributed by atoms with Gasteiger partial charge in [-0.3, -0.25) is 0 Å². The molecule has 0 aromatic carbocycles. The fraction of sp³-hybridized carbons (Fsp3) is 0.857. The zero-order valence-corrected chi connectivity index (χ0v) is 6.77. The molecule has 0 bridgehead atoms. The standard InChI is InChI=1S/C7H14N2O/c1-7(2,3)4-6-8-5-10-9-6/h4-5H2,1-3H3,(H,8,9). The van der Waals surface area contributed by atoms with Gasteiger partial charge in [0.2, 0.25) is 0 Å². The Labute approximate surface area is 61.4 Å². The molecule has 58 valence electrons. The zero-order chi connectivity index (χ0) is 7.61. The van der Waals surface area contributed by atoms with Gasteiger partial charge in [-0.2, -0.15) is 0 Å². The number of nitrogens with zero attached hydrogens (tertiary/aromatic N) is 1. The van der Waals surface area contributed by atoms with Crippen molar-refractivity contribution >= 4 is 5.84 Å². The normalized spacial score (nSPS) is 17.7. The summed E-state index contributed by atoms with van der Waals surface area (Å²) in [5.74, 6) is 0.965. The summed E-state index contributed by atoms with van der Waals surface area (Å²) >= 11 is 0. The summed E-state index contributed by atoms with van der Waals surface area (Å²) in [5.41, 5.74) is 0.291. The van der Waals surface area contributed by atoms with Crippen molar-refractivity contribution in [1.29, 1.82) is 0 Å². The first-order chi connectivity index (χ1) is 4.58. The van der Waals surface area contributed by atoms with E-state index in [9.17, 15) is 0 Å². The van der Waals surface area contributed by atoms with Crippen LogP contribution in [-0.2, 0) is 4.84 Å². The number of nitrogens with one attached hydrogen (secondary N) is 1. The molecule has 3 nitrogen and oxygen atoms in total. The minimum Gasteiger partial charge on any atom is -0.372 e. The van der Waals surface area contributed by atoms with Crippen molar-refractivity contribution in [3.05, 3.63) is 0 Å². The first-order valence-electron chi connectivity index (χ1n) is 3.51. The molecule has 0 saturated heterocycles. The summed E-state index contributed by atoms with van der Waals surface area (Å²) in [6.07, 6.45) is 0.951. The minimum absolute atomic E-state index is 0.291. The molecule has 0 aromatic heterocycles. The number of oxime groups is 1. The summed E-state index contributed by atoms with van der Waals surface area (Å²) in [6, 6.07) is 0. The second-order valence-corrected chi connectivity index (χ2v) is 3.73. The molecule has 1 rings (SSSR count). The Balaban J connectivity index is 2.38. The fourth-order valence-corrected chi connectivity index (χ4v) is 0.855. The molecular weight excluding hydrogens is 128 g/mol. The second-order valence-electron chi connectivity index (χ2n) is 3.73. The van der Waals surface area contributed by atoms with Crippen molar-refractivity contribution in [3.8, 4) is 0 Å². The van der Waals surface area contributed by atoms with Crippen molar-refractivity contribution in [2.24, 2.45) is 10.6 Å². The highest BCUT2D eigenvalue weighted by atomic mass is 16.6. The highest BCUT2D eigenvalue weighted by molar-refractivity contribution is 5.82. The van der Waals surface area contributed by atoms with Crippen LogP contribution in [0.5, 0.6) is 0 Å². The van der Waals surface area contributed by atoms with Gasteiger partial charge in [0.1, 0.15) is 5.84 Å². The summed E-state index contributed by atoms with van der Waals surface area (Å²) in [7, 11) is 0. The van der Waals surface area contributed by atoms with Crippen LogP contribution in [0.2, 0.25) is 0 Å². The van der Waals surface area contributed by atoms with E-state index in [0.29, 0.717) is 12.1 Å². The number of hydrogen-bond acceptors (Lipinski definition) is 3. The van der Waals surface area contributed by atoms with Gasteiger partial charge < -0.3 is 10.2 Å². The Morgan fingerprint density at radius 3 is 2.70 bits per heavy atom. The average molecular weight is 142 g/mol. The molecule has 0 radical (unpaired) electrons. The minimum atomic E-state index is 0.291. The third-order valence-corrected chi connectivity index (χ3v) is 1.21. The van der Waals surface area contributed by atoms with Gasteiger partial charge in [-0.05, 0) is 5.41 Å². The molecule has 1 aliphatic heterocycles. The van der Waals surface area contributed by atoms with Crippen LogP contribution in [-0.4, -0.2) is 12.6 Å². The maximum atomic E-state index is 4.78. The average Bonchev–Trinajstić information content (AvgIpc) is 2.12. The van der Waals surface area contributed by atoms with E-state index in [4.69, 9.17) is 4.84 Å². The van der Waals surface area contributed by atoms with Crippen molar-refractivity contribution in [1.82, 2.24) is 5.32 Å². The van der Waals surface area contributed by atoms with Gasteiger partial charge in [0.25, 0.3) is 0 Å². The highest BCUT2D eigenvalue weighted by Crippen LogP contribution is 2.19. The maximum Gasteiger partial charge on any atom is 0.188 e. The number of hydrogen-bond donors (Lipinski definition) is 1. The molecule has 0 unspecified atom stereocenters. The lowest BCUT2D eigenvalue weighted by Gasteiger charge is -2.16. The Morgan fingerprint density at radius 2 is 2.30 bits per heavy atom. The van der Waals surface area contributed by atoms with Crippen LogP contribution in [0, 0.1) is 5.41 Å². The van der Waals surface area contributed by atoms with Gasteiger partial charge in [-0.1, -0.05) is 25.9 Å². The Kier molecular flexibility index (Phi) is 1.83. The largest absolute Gasteiger partial charge is 0.372 e. The van der Waals surface area contributed by atoms with Crippen LogP contribution in [0.15, 0.2) is 5.16 Å². The molecule has 0 aromatic rings. The lowest BCUT2D eigenvalue weighted by molar-refractivity contribution is 0.164. The SMILES string of the molecule is CC(C)(C)CC1=NOCN1. The van der Waals surface area contributed by atoms with Gasteiger partial charge in [-0.15, -0.1) is 0 Å². The van der Waals surface area contributed by atoms with Gasteiger partial charge in [0, 0.05) is 6.42 Å². The van der Waals surface area contributed by atoms with E-state index in [1.165, 1.54) is 0 Å². The van der Waals surface area contributed by atoms with Crippen LogP contribution in [0.4, 0.5) is 0 Å². The highest BCUT2D eigenvalue weighted by Gasteiger charge is 2.16. The maximum absolute atomic E-state index is 4.78. The van der Waals surface area contributed by atoms with Gasteiger partial charge in [-0.25, -0.2) is 0 Å². The molecule has 1 aliphatic rings. The smallest absolute Gasteiger partial charge is 0.188 e. The Bertz CT molecular complexity index is 146. The van der Waals surface area contributed by atoms with Crippen molar-refractivity contribution in [2.75, 3.05) is 6.73 Å². The predicted octanol–water partition coefficient (Wildman–Crippen LogP) is 1.31. The molecule has 1 heterocycles. The fourth-order valence-electron chi connectivity index (χ4n) is 0.855. The molecule has 1 N–H and O–H groups in total. The second kappa shape index (κ2) is 2.48. The number of rotatable bonds is 1. The summed E-state index contributed by atoms with van der Waals surface area (Å²) in [6.45, 7) is 7.06. The third-order valence-electron chi connectivity index (χ3n) is 1.21. The van der Waals surface area contributed by atoms with E-state index in [2.05, 4.69) is 31.2 Å². The van der Waals surface area contributed by atoms with Crippen LogP contribution in [0.25, 0.3) is 0 Å². The molecule has 0 saturated carbocycles. The molecular formula is C7H14N2O. The third kappa shape index (κ3) is 2.25. The zero-order valence-electron chi connectivity index (χ0n) is 6.77.